The number of carbonyl (C=O) groups is 2. The number of nitrogens with zero attached hydrogens (tertiary/aromatic N) is 1. The van der Waals surface area contributed by atoms with Crippen LogP contribution in [0.1, 0.15) is 32.6 Å². The number of nitrogens with one attached hydrogen (secondary N) is 2. The van der Waals surface area contributed by atoms with Crippen molar-refractivity contribution in [1.82, 2.24) is 10.6 Å². The summed E-state index contributed by atoms with van der Waals surface area (Å²) in [5, 5.41) is 15.7. The number of anilines is 1. The molecule has 0 saturated carbocycles. The molecule has 2 rings (SSSR count). The Labute approximate surface area is 165 Å². The predicted molar refractivity (Wildman–Crippen MR) is 105 cm³/mol. The number of halogens is 1. The van der Waals surface area contributed by atoms with Crippen molar-refractivity contribution >= 4 is 18.0 Å². The molecule has 8 heteroatoms. The molecule has 1 aliphatic rings. The molecule has 0 spiro atoms. The average Bonchev–Trinajstić information content (AvgIpc) is 2.69. The summed E-state index contributed by atoms with van der Waals surface area (Å²) in [4.78, 5) is 23.4. The number of aliphatic hydroxyl groups excluding tert-OH is 1. The summed E-state index contributed by atoms with van der Waals surface area (Å²) in [7, 11) is 0. The lowest BCUT2D eigenvalue weighted by Crippen LogP contribution is -2.39. The first-order valence-corrected chi connectivity index (χ1v) is 9.77. The topological polar surface area (TPSA) is 90.9 Å². The highest BCUT2D eigenvalue weighted by atomic mass is 19.1. The lowest BCUT2D eigenvalue weighted by atomic mass is 9.93. The second-order valence-electron chi connectivity index (χ2n) is 7.15. The van der Waals surface area contributed by atoms with E-state index in [1.54, 1.807) is 6.07 Å². The van der Waals surface area contributed by atoms with Gasteiger partial charge in [-0.25, -0.2) is 4.39 Å². The zero-order valence-electron chi connectivity index (χ0n) is 16.3. The summed E-state index contributed by atoms with van der Waals surface area (Å²) in [5.41, 5.74) is 0.316. The number of carbonyl (C=O) groups excluding carboxylic acids is 2. The molecule has 0 unspecified atom stereocenters. The molecule has 0 aliphatic carbocycles. The number of aliphatic hydroxyl groups is 1. The van der Waals surface area contributed by atoms with Gasteiger partial charge in [0.05, 0.1) is 19.3 Å². The number of hydrogen-bond acceptors (Lipinski definition) is 5. The van der Waals surface area contributed by atoms with Crippen molar-refractivity contribution in [2.24, 2.45) is 5.92 Å². The third-order valence-corrected chi connectivity index (χ3v) is 4.84. The fourth-order valence-corrected chi connectivity index (χ4v) is 3.27. The van der Waals surface area contributed by atoms with Crippen LogP contribution in [0.5, 0.6) is 5.75 Å². The van der Waals surface area contributed by atoms with Crippen LogP contribution in [-0.2, 0) is 9.59 Å². The van der Waals surface area contributed by atoms with Crippen LogP contribution in [0.25, 0.3) is 0 Å². The van der Waals surface area contributed by atoms with Crippen molar-refractivity contribution < 1.29 is 23.8 Å². The van der Waals surface area contributed by atoms with E-state index in [0.29, 0.717) is 24.6 Å². The van der Waals surface area contributed by atoms with Crippen molar-refractivity contribution in [3.63, 3.8) is 0 Å². The largest absolute Gasteiger partial charge is 0.491 e. The van der Waals surface area contributed by atoms with E-state index in [0.717, 1.165) is 25.9 Å². The molecule has 7 nitrogen and oxygen atoms in total. The molecule has 1 saturated heterocycles. The first kappa shape index (κ1) is 22.1. The van der Waals surface area contributed by atoms with Gasteiger partial charge in [-0.3, -0.25) is 9.59 Å². The third kappa shape index (κ3) is 7.44. The van der Waals surface area contributed by atoms with Gasteiger partial charge in [-0.15, -0.1) is 0 Å². The summed E-state index contributed by atoms with van der Waals surface area (Å²) in [6.45, 7) is 3.88. The SMILES string of the molecule is CC(=O)NC[C@H](O)CN(C=O)c1ccc(OCCCC2CCNCC2)c(F)c1. The van der Waals surface area contributed by atoms with Gasteiger partial charge in [-0.05, 0) is 56.8 Å². The van der Waals surface area contributed by atoms with Crippen LogP contribution in [0.15, 0.2) is 18.2 Å². The second-order valence-corrected chi connectivity index (χ2v) is 7.15. The van der Waals surface area contributed by atoms with Crippen LogP contribution in [0.2, 0.25) is 0 Å². The van der Waals surface area contributed by atoms with E-state index in [9.17, 15) is 19.1 Å². The Balaban J connectivity index is 1.81. The highest BCUT2D eigenvalue weighted by Gasteiger charge is 2.15. The minimum Gasteiger partial charge on any atom is -0.491 e. The Morgan fingerprint density at radius 3 is 2.86 bits per heavy atom. The second kappa shape index (κ2) is 11.6. The Hall–Kier alpha value is -2.19. The van der Waals surface area contributed by atoms with Crippen molar-refractivity contribution in [3.8, 4) is 5.75 Å². The molecule has 0 radical (unpaired) electrons. The average molecular weight is 395 g/mol. The smallest absolute Gasteiger partial charge is 0.216 e. The van der Waals surface area contributed by atoms with Crippen LogP contribution in [0, 0.1) is 11.7 Å². The van der Waals surface area contributed by atoms with Gasteiger partial charge < -0.3 is 25.4 Å². The van der Waals surface area contributed by atoms with Crippen molar-refractivity contribution in [2.75, 3.05) is 37.7 Å². The van der Waals surface area contributed by atoms with Gasteiger partial charge in [0.15, 0.2) is 11.6 Å². The summed E-state index contributed by atoms with van der Waals surface area (Å²) >= 11 is 0. The van der Waals surface area contributed by atoms with Crippen LogP contribution in [0.3, 0.4) is 0 Å². The normalized spacial score (nSPS) is 15.7. The Bertz CT molecular complexity index is 638. The predicted octanol–water partition coefficient (Wildman–Crippen LogP) is 1.44. The Morgan fingerprint density at radius 1 is 1.46 bits per heavy atom. The lowest BCUT2D eigenvalue weighted by Gasteiger charge is -2.22. The molecule has 156 valence electrons. The molecule has 1 aromatic rings. The van der Waals surface area contributed by atoms with Gasteiger partial charge in [0.2, 0.25) is 12.3 Å². The number of rotatable bonds is 11. The first-order valence-electron chi connectivity index (χ1n) is 9.77. The van der Waals surface area contributed by atoms with E-state index in [2.05, 4.69) is 10.6 Å². The van der Waals surface area contributed by atoms with E-state index in [1.807, 2.05) is 0 Å². The van der Waals surface area contributed by atoms with E-state index in [1.165, 1.54) is 36.8 Å². The summed E-state index contributed by atoms with van der Waals surface area (Å²) in [6, 6.07) is 4.28. The maximum Gasteiger partial charge on any atom is 0.216 e. The molecule has 0 aromatic heterocycles. The molecule has 1 aromatic carbocycles. The zero-order chi connectivity index (χ0) is 20.4. The third-order valence-electron chi connectivity index (χ3n) is 4.84. The number of hydrogen-bond donors (Lipinski definition) is 3. The van der Waals surface area contributed by atoms with Crippen LogP contribution >= 0.6 is 0 Å². The van der Waals surface area contributed by atoms with Crippen molar-refractivity contribution in [2.45, 2.75) is 38.7 Å². The minimum atomic E-state index is -0.955. The molecular formula is C20H30FN3O4. The fourth-order valence-electron chi connectivity index (χ4n) is 3.27. The maximum absolute atomic E-state index is 14.3. The van der Waals surface area contributed by atoms with Gasteiger partial charge in [-0.1, -0.05) is 0 Å². The zero-order valence-corrected chi connectivity index (χ0v) is 16.3. The molecule has 1 fully saturated rings. The lowest BCUT2D eigenvalue weighted by molar-refractivity contribution is -0.119. The Morgan fingerprint density at radius 2 is 2.21 bits per heavy atom. The molecule has 1 heterocycles. The monoisotopic (exact) mass is 395 g/mol. The molecule has 3 N–H and O–H groups in total. The summed E-state index contributed by atoms with van der Waals surface area (Å²) < 4.78 is 19.9. The first-order chi connectivity index (χ1) is 13.5. The highest BCUT2D eigenvalue weighted by molar-refractivity contribution is 5.75. The molecule has 1 aliphatic heterocycles. The summed E-state index contributed by atoms with van der Waals surface area (Å²) in [6.07, 6.45) is 3.87. The van der Waals surface area contributed by atoms with Gasteiger partial charge in [0.1, 0.15) is 0 Å². The molecule has 2 amide bonds. The maximum atomic E-state index is 14.3. The van der Waals surface area contributed by atoms with Gasteiger partial charge in [0.25, 0.3) is 0 Å². The van der Waals surface area contributed by atoms with Crippen LogP contribution < -0.4 is 20.3 Å². The standard InChI is InChI=1S/C20H30FN3O4/c1-15(26)23-12-18(27)13-24(14-25)17-4-5-20(19(21)11-17)28-10-2-3-16-6-8-22-9-7-16/h4-5,11,14,16,18,22,27H,2-3,6-10,12-13H2,1H3,(H,23,26)/t18-/m0/s1. The van der Waals surface area contributed by atoms with E-state index < -0.39 is 11.9 Å². The van der Waals surface area contributed by atoms with Crippen LogP contribution in [-0.4, -0.2) is 56.3 Å². The molecule has 0 bridgehead atoms. The molecular weight excluding hydrogens is 365 g/mol. The number of piperidine rings is 1. The quantitative estimate of drug-likeness (QED) is 0.390. The number of benzene rings is 1. The van der Waals surface area contributed by atoms with Gasteiger partial charge in [0, 0.05) is 25.2 Å². The minimum absolute atomic E-state index is 0.0143. The highest BCUT2D eigenvalue weighted by Crippen LogP contribution is 2.24. The molecule has 28 heavy (non-hydrogen) atoms. The molecule has 1 atom stereocenters. The van der Waals surface area contributed by atoms with Gasteiger partial charge >= 0.3 is 0 Å². The van der Waals surface area contributed by atoms with Gasteiger partial charge in [-0.2, -0.15) is 0 Å². The van der Waals surface area contributed by atoms with E-state index in [4.69, 9.17) is 4.74 Å². The van der Waals surface area contributed by atoms with E-state index in [-0.39, 0.29) is 24.7 Å². The van der Waals surface area contributed by atoms with Crippen LogP contribution in [0.4, 0.5) is 10.1 Å². The van der Waals surface area contributed by atoms with Crippen molar-refractivity contribution in [3.05, 3.63) is 24.0 Å². The Kier molecular flexibility index (Phi) is 9.16. The van der Waals surface area contributed by atoms with E-state index >= 15 is 0 Å². The van der Waals surface area contributed by atoms with Crippen molar-refractivity contribution in [1.29, 1.82) is 0 Å². The summed E-state index contributed by atoms with van der Waals surface area (Å²) in [5.74, 6) is 0.0350. The number of ether oxygens (including phenoxy) is 1. The fraction of sp³-hybridized carbons (Fsp3) is 0.600. The number of amides is 2.